The van der Waals surface area contributed by atoms with Crippen LogP contribution >= 0.6 is 11.6 Å². The fraction of sp³-hybridized carbons (Fsp3) is 0.467. The van der Waals surface area contributed by atoms with Crippen LogP contribution in [0.15, 0.2) is 23.1 Å². The lowest BCUT2D eigenvalue weighted by Gasteiger charge is -2.20. The minimum absolute atomic E-state index is 0.000231. The van der Waals surface area contributed by atoms with E-state index in [0.717, 1.165) is 6.07 Å². The predicted molar refractivity (Wildman–Crippen MR) is 91.6 cm³/mol. The first-order valence-corrected chi connectivity index (χ1v) is 9.01. The summed E-state index contributed by atoms with van der Waals surface area (Å²) in [6, 6.07) is 3.55. The van der Waals surface area contributed by atoms with Gasteiger partial charge in [0.1, 0.15) is 0 Å². The Morgan fingerprint density at radius 2 is 1.88 bits per heavy atom. The van der Waals surface area contributed by atoms with Gasteiger partial charge in [-0.15, -0.1) is 0 Å². The number of esters is 1. The molecule has 1 aromatic carbocycles. The van der Waals surface area contributed by atoms with Crippen LogP contribution in [0.5, 0.6) is 0 Å². The van der Waals surface area contributed by atoms with Crippen molar-refractivity contribution in [3.63, 3.8) is 0 Å². The number of benzene rings is 1. The van der Waals surface area contributed by atoms with Crippen molar-refractivity contribution in [2.45, 2.75) is 31.2 Å². The summed E-state index contributed by atoms with van der Waals surface area (Å²) >= 11 is 5.94. The first-order chi connectivity index (χ1) is 11.4. The van der Waals surface area contributed by atoms with Gasteiger partial charge in [-0.05, 0) is 39.0 Å². The fourth-order valence-corrected chi connectivity index (χ4v) is 2.93. The Balaban J connectivity index is 2.97. The molecule has 0 bridgehead atoms. The van der Waals surface area contributed by atoms with Gasteiger partial charge in [0.15, 0.2) is 6.61 Å². The molecule has 1 aromatic rings. The van der Waals surface area contributed by atoms with Gasteiger partial charge < -0.3 is 10.1 Å². The third-order valence-corrected chi connectivity index (χ3v) is 4.91. The molecule has 10 heteroatoms. The predicted octanol–water partition coefficient (Wildman–Crippen LogP) is 1.59. The molecule has 0 aliphatic carbocycles. The summed E-state index contributed by atoms with van der Waals surface area (Å²) in [5, 5.41) is 2.63. The topological polar surface area (TPSA) is 102 Å². The highest BCUT2D eigenvalue weighted by Gasteiger charge is 2.24. The molecular weight excluding hydrogens is 372 g/mol. The quantitative estimate of drug-likeness (QED) is 0.582. The largest absolute Gasteiger partial charge is 0.452 e. The van der Waals surface area contributed by atoms with Gasteiger partial charge in [0.25, 0.3) is 15.9 Å². The van der Waals surface area contributed by atoms with Crippen LogP contribution in [0.4, 0.5) is 0 Å². The second-order valence-electron chi connectivity index (χ2n) is 6.11. The average molecular weight is 393 g/mol. The lowest BCUT2D eigenvalue weighted by atomic mass is 10.1. The molecule has 0 fully saturated rings. The van der Waals surface area contributed by atoms with Crippen LogP contribution in [0.25, 0.3) is 0 Å². The molecule has 0 aliphatic heterocycles. The second kappa shape index (κ2) is 8.13. The van der Waals surface area contributed by atoms with Crippen LogP contribution in [0.1, 0.15) is 31.1 Å². The summed E-state index contributed by atoms with van der Waals surface area (Å²) < 4.78 is 30.0. The molecule has 0 saturated heterocycles. The van der Waals surface area contributed by atoms with Gasteiger partial charge in [0.05, 0.1) is 22.6 Å². The monoisotopic (exact) mass is 392 g/mol. The van der Waals surface area contributed by atoms with Crippen molar-refractivity contribution in [1.29, 1.82) is 0 Å². The van der Waals surface area contributed by atoms with Crippen LogP contribution in [0.2, 0.25) is 5.02 Å². The summed E-state index contributed by atoms with van der Waals surface area (Å²) in [5.41, 5.74) is -0.643. The van der Waals surface area contributed by atoms with E-state index < -0.39 is 34.0 Å². The molecule has 140 valence electrons. The van der Waals surface area contributed by atoms with Gasteiger partial charge >= 0.3 is 5.97 Å². The average Bonchev–Trinajstić information content (AvgIpc) is 2.50. The van der Waals surface area contributed by atoms with Crippen molar-refractivity contribution in [2.24, 2.45) is 0 Å². The van der Waals surface area contributed by atoms with E-state index in [1.54, 1.807) is 20.8 Å². The number of sulfonamides is 1. The standard InChI is InChI=1S/C15H21ClN2O6S/c1-15(2,3)17-13(19)9-24-14(20)11-8-10(6-7-12(11)16)25(21,22)18(4)23-5/h6-8H,9H2,1-5H3,(H,17,19). The summed E-state index contributed by atoms with van der Waals surface area (Å²) in [4.78, 5) is 28.3. The number of hydroxylamine groups is 1. The number of hydrogen-bond acceptors (Lipinski definition) is 6. The molecule has 0 aliphatic rings. The number of carbonyl (C=O) groups excluding carboxylic acids is 2. The number of halogens is 1. The summed E-state index contributed by atoms with van der Waals surface area (Å²) in [5.74, 6) is -1.40. The zero-order chi connectivity index (χ0) is 19.4. The number of carbonyl (C=O) groups is 2. The number of hydrogen-bond donors (Lipinski definition) is 1. The van der Waals surface area contributed by atoms with E-state index in [1.165, 1.54) is 26.3 Å². The van der Waals surface area contributed by atoms with Crippen LogP contribution in [0.3, 0.4) is 0 Å². The highest BCUT2D eigenvalue weighted by Crippen LogP contribution is 2.23. The van der Waals surface area contributed by atoms with E-state index in [0.29, 0.717) is 4.47 Å². The van der Waals surface area contributed by atoms with E-state index >= 15 is 0 Å². The Morgan fingerprint density at radius 3 is 2.40 bits per heavy atom. The Bertz CT molecular complexity index is 758. The Kier molecular flexibility index (Phi) is 6.95. The minimum Gasteiger partial charge on any atom is -0.452 e. The minimum atomic E-state index is -3.95. The molecule has 0 heterocycles. The lowest BCUT2D eigenvalue weighted by Crippen LogP contribution is -2.42. The second-order valence-corrected chi connectivity index (χ2v) is 8.46. The van der Waals surface area contributed by atoms with Gasteiger partial charge in [-0.3, -0.25) is 9.63 Å². The molecule has 1 amide bonds. The summed E-state index contributed by atoms with van der Waals surface area (Å²) in [6.07, 6.45) is 0. The van der Waals surface area contributed by atoms with Crippen LogP contribution in [0, 0.1) is 0 Å². The van der Waals surface area contributed by atoms with Gasteiger partial charge in [-0.2, -0.15) is 0 Å². The molecule has 0 unspecified atom stereocenters. The van der Waals surface area contributed by atoms with E-state index in [-0.39, 0.29) is 15.5 Å². The molecule has 0 spiro atoms. The molecule has 1 N–H and O–H groups in total. The molecule has 25 heavy (non-hydrogen) atoms. The first-order valence-electron chi connectivity index (χ1n) is 7.19. The van der Waals surface area contributed by atoms with Crippen molar-refractivity contribution in [3.05, 3.63) is 28.8 Å². The van der Waals surface area contributed by atoms with E-state index in [2.05, 4.69) is 10.2 Å². The maximum Gasteiger partial charge on any atom is 0.340 e. The smallest absolute Gasteiger partial charge is 0.340 e. The van der Waals surface area contributed by atoms with E-state index in [1.807, 2.05) is 0 Å². The number of ether oxygens (including phenoxy) is 1. The third-order valence-electron chi connectivity index (χ3n) is 2.90. The highest BCUT2D eigenvalue weighted by molar-refractivity contribution is 7.89. The molecule has 0 saturated carbocycles. The molecule has 0 atom stereocenters. The number of amides is 1. The van der Waals surface area contributed by atoms with Gasteiger partial charge in [0.2, 0.25) is 0 Å². The Hall–Kier alpha value is -1.68. The Morgan fingerprint density at radius 1 is 1.28 bits per heavy atom. The summed E-state index contributed by atoms with van der Waals surface area (Å²) in [7, 11) is -1.55. The van der Waals surface area contributed by atoms with Gasteiger partial charge in [-0.1, -0.05) is 16.1 Å². The van der Waals surface area contributed by atoms with E-state index in [9.17, 15) is 18.0 Å². The van der Waals surface area contributed by atoms with Crippen molar-refractivity contribution >= 4 is 33.5 Å². The fourth-order valence-electron chi connectivity index (χ4n) is 1.73. The normalized spacial score (nSPS) is 12.1. The highest BCUT2D eigenvalue weighted by atomic mass is 35.5. The molecule has 8 nitrogen and oxygen atoms in total. The van der Waals surface area contributed by atoms with Crippen molar-refractivity contribution in [1.82, 2.24) is 9.79 Å². The third kappa shape index (κ3) is 5.96. The maximum absolute atomic E-state index is 12.2. The number of nitrogens with zero attached hydrogens (tertiary/aromatic N) is 1. The summed E-state index contributed by atoms with van der Waals surface area (Å²) in [6.45, 7) is 4.83. The molecular formula is C15H21ClN2O6S. The van der Waals surface area contributed by atoms with Gasteiger partial charge in [0, 0.05) is 12.6 Å². The zero-order valence-electron chi connectivity index (χ0n) is 14.6. The van der Waals surface area contributed by atoms with Crippen molar-refractivity contribution < 1.29 is 27.6 Å². The Labute approximate surface area is 152 Å². The van der Waals surface area contributed by atoms with Crippen molar-refractivity contribution in [3.8, 4) is 0 Å². The van der Waals surface area contributed by atoms with Gasteiger partial charge in [-0.25, -0.2) is 13.2 Å². The van der Waals surface area contributed by atoms with Crippen LogP contribution in [-0.4, -0.2) is 51.1 Å². The van der Waals surface area contributed by atoms with Crippen molar-refractivity contribution in [2.75, 3.05) is 20.8 Å². The molecule has 1 rings (SSSR count). The van der Waals surface area contributed by atoms with E-state index in [4.69, 9.17) is 16.3 Å². The van der Waals surface area contributed by atoms with Crippen LogP contribution < -0.4 is 5.32 Å². The lowest BCUT2D eigenvalue weighted by molar-refractivity contribution is -0.125. The molecule has 0 radical (unpaired) electrons. The molecule has 0 aromatic heterocycles. The number of rotatable bonds is 6. The maximum atomic E-state index is 12.2. The zero-order valence-corrected chi connectivity index (χ0v) is 16.2. The SMILES string of the molecule is CON(C)S(=O)(=O)c1ccc(Cl)c(C(=O)OCC(=O)NC(C)(C)C)c1. The van der Waals surface area contributed by atoms with Crippen LogP contribution in [-0.2, 0) is 24.4 Å². The number of nitrogens with one attached hydrogen (secondary N) is 1. The first kappa shape index (κ1) is 21.4.